The Morgan fingerprint density at radius 3 is 2.75 bits per heavy atom. The third kappa shape index (κ3) is 5.33. The maximum Gasteiger partial charge on any atom is 0.121 e. The minimum atomic E-state index is 0.132. The van der Waals surface area contributed by atoms with Crippen LogP contribution >= 0.6 is 0 Å². The smallest absolute Gasteiger partial charge is 0.121 e. The van der Waals surface area contributed by atoms with Crippen LogP contribution in [0.4, 0.5) is 0 Å². The van der Waals surface area contributed by atoms with E-state index in [1.807, 2.05) is 26.0 Å². The molecule has 0 aliphatic heterocycles. The number of hydrogen-bond donors (Lipinski definition) is 2. The molecular weight excluding hydrogens is 252 g/mol. The second-order valence-corrected chi connectivity index (χ2v) is 4.98. The quantitative estimate of drug-likeness (QED) is 0.537. The summed E-state index contributed by atoms with van der Waals surface area (Å²) in [5.41, 5.74) is 9.16. The molecule has 0 saturated carbocycles. The lowest BCUT2D eigenvalue weighted by atomic mass is 10.0. The van der Waals surface area contributed by atoms with Crippen molar-refractivity contribution in [1.82, 2.24) is 5.32 Å². The van der Waals surface area contributed by atoms with E-state index >= 15 is 0 Å². The summed E-state index contributed by atoms with van der Waals surface area (Å²) in [5.74, 6) is 0.898. The summed E-state index contributed by atoms with van der Waals surface area (Å²) < 4.78 is 10.7. The summed E-state index contributed by atoms with van der Waals surface area (Å²) in [5, 5.41) is 3.40. The highest BCUT2D eigenvalue weighted by Gasteiger charge is 2.10. The minimum absolute atomic E-state index is 0.132. The monoisotopic (exact) mass is 278 g/mol. The molecule has 112 valence electrons. The van der Waals surface area contributed by atoms with Crippen LogP contribution in [0.2, 0.25) is 0 Å². The lowest BCUT2D eigenvalue weighted by Crippen LogP contribution is -2.31. The van der Waals surface area contributed by atoms with Gasteiger partial charge < -0.3 is 20.5 Å². The summed E-state index contributed by atoms with van der Waals surface area (Å²) in [4.78, 5) is 0. The summed E-state index contributed by atoms with van der Waals surface area (Å²) in [6.45, 7) is 10.4. The van der Waals surface area contributed by atoms with Crippen molar-refractivity contribution in [3.63, 3.8) is 0 Å². The largest absolute Gasteiger partial charge is 0.496 e. The summed E-state index contributed by atoms with van der Waals surface area (Å²) in [6, 6.07) is 6.27. The molecule has 0 fully saturated rings. The van der Waals surface area contributed by atoms with E-state index in [0.29, 0.717) is 19.8 Å². The highest BCUT2D eigenvalue weighted by Crippen LogP contribution is 2.22. The standard InChI is InChI=1S/C16H26N2O2/c1-12(2)11-20-8-7-18-15(10-17)14-5-6-16(19-4)13(3)9-14/h5-6,9,15,18H,1,7-8,10-11,17H2,2-4H3. The number of ether oxygens (including phenoxy) is 2. The van der Waals surface area contributed by atoms with Gasteiger partial charge in [-0.05, 0) is 31.0 Å². The molecule has 1 unspecified atom stereocenters. The van der Waals surface area contributed by atoms with E-state index in [2.05, 4.69) is 18.0 Å². The number of aryl methyl sites for hydroxylation is 1. The second-order valence-electron chi connectivity index (χ2n) is 4.98. The minimum Gasteiger partial charge on any atom is -0.496 e. The van der Waals surface area contributed by atoms with Gasteiger partial charge in [0.25, 0.3) is 0 Å². The molecule has 0 bridgehead atoms. The van der Waals surface area contributed by atoms with Gasteiger partial charge in [0.15, 0.2) is 0 Å². The van der Waals surface area contributed by atoms with E-state index in [9.17, 15) is 0 Å². The van der Waals surface area contributed by atoms with Crippen molar-refractivity contribution in [2.24, 2.45) is 5.73 Å². The molecule has 4 heteroatoms. The maximum atomic E-state index is 5.84. The summed E-state index contributed by atoms with van der Waals surface area (Å²) >= 11 is 0. The van der Waals surface area contributed by atoms with Gasteiger partial charge in [-0.3, -0.25) is 0 Å². The molecule has 0 saturated heterocycles. The van der Waals surface area contributed by atoms with Crippen LogP contribution in [-0.4, -0.2) is 33.4 Å². The van der Waals surface area contributed by atoms with Crippen LogP contribution in [0.15, 0.2) is 30.4 Å². The molecule has 3 N–H and O–H groups in total. The van der Waals surface area contributed by atoms with E-state index in [1.165, 1.54) is 5.56 Å². The molecule has 0 aliphatic rings. The van der Waals surface area contributed by atoms with Gasteiger partial charge in [-0.25, -0.2) is 0 Å². The highest BCUT2D eigenvalue weighted by molar-refractivity contribution is 5.37. The first-order chi connectivity index (χ1) is 9.58. The maximum absolute atomic E-state index is 5.84. The lowest BCUT2D eigenvalue weighted by molar-refractivity contribution is 0.155. The van der Waals surface area contributed by atoms with Gasteiger partial charge >= 0.3 is 0 Å². The topological polar surface area (TPSA) is 56.5 Å². The Morgan fingerprint density at radius 1 is 1.45 bits per heavy atom. The lowest BCUT2D eigenvalue weighted by Gasteiger charge is -2.18. The predicted octanol–water partition coefficient (Wildman–Crippen LogP) is 2.19. The van der Waals surface area contributed by atoms with Gasteiger partial charge in [-0.2, -0.15) is 0 Å². The van der Waals surface area contributed by atoms with Crippen LogP contribution in [0.5, 0.6) is 5.75 Å². The molecule has 0 spiro atoms. The molecule has 0 aliphatic carbocycles. The van der Waals surface area contributed by atoms with Gasteiger partial charge in [-0.15, -0.1) is 0 Å². The van der Waals surface area contributed by atoms with E-state index < -0.39 is 0 Å². The molecule has 0 amide bonds. The normalized spacial score (nSPS) is 12.2. The van der Waals surface area contributed by atoms with Gasteiger partial charge in [0.2, 0.25) is 0 Å². The average Bonchev–Trinajstić information content (AvgIpc) is 2.42. The molecule has 1 aromatic carbocycles. The van der Waals surface area contributed by atoms with Crippen LogP contribution in [-0.2, 0) is 4.74 Å². The Morgan fingerprint density at radius 2 is 2.20 bits per heavy atom. The van der Waals surface area contributed by atoms with E-state index in [-0.39, 0.29) is 6.04 Å². The number of benzene rings is 1. The van der Waals surface area contributed by atoms with Crippen molar-refractivity contribution < 1.29 is 9.47 Å². The number of rotatable bonds is 9. The molecule has 0 aromatic heterocycles. The van der Waals surface area contributed by atoms with Crippen molar-refractivity contribution in [2.45, 2.75) is 19.9 Å². The highest BCUT2D eigenvalue weighted by atomic mass is 16.5. The summed E-state index contributed by atoms with van der Waals surface area (Å²) in [7, 11) is 1.68. The first-order valence-corrected chi connectivity index (χ1v) is 6.88. The van der Waals surface area contributed by atoms with Crippen molar-refractivity contribution in [1.29, 1.82) is 0 Å². The van der Waals surface area contributed by atoms with Crippen molar-refractivity contribution in [2.75, 3.05) is 33.4 Å². The molecular formula is C16H26N2O2. The molecule has 20 heavy (non-hydrogen) atoms. The molecule has 0 radical (unpaired) electrons. The fourth-order valence-corrected chi connectivity index (χ4v) is 2.01. The molecule has 0 heterocycles. The van der Waals surface area contributed by atoms with Crippen molar-refractivity contribution >= 4 is 0 Å². The van der Waals surface area contributed by atoms with Gasteiger partial charge in [0, 0.05) is 19.1 Å². The Bertz CT molecular complexity index is 432. The van der Waals surface area contributed by atoms with Gasteiger partial charge in [0.1, 0.15) is 5.75 Å². The zero-order valence-electron chi connectivity index (χ0n) is 12.7. The average molecular weight is 278 g/mol. The molecule has 1 rings (SSSR count). The number of nitrogens with one attached hydrogen (secondary N) is 1. The van der Waals surface area contributed by atoms with Crippen molar-refractivity contribution in [3.05, 3.63) is 41.5 Å². The number of nitrogens with two attached hydrogens (primary N) is 1. The summed E-state index contributed by atoms with van der Waals surface area (Å²) in [6.07, 6.45) is 0. The predicted molar refractivity (Wildman–Crippen MR) is 83.2 cm³/mol. The zero-order valence-corrected chi connectivity index (χ0v) is 12.7. The fraction of sp³-hybridized carbons (Fsp3) is 0.500. The van der Waals surface area contributed by atoms with Crippen molar-refractivity contribution in [3.8, 4) is 5.75 Å². The van der Waals surface area contributed by atoms with Gasteiger partial charge in [-0.1, -0.05) is 24.3 Å². The van der Waals surface area contributed by atoms with Crippen LogP contribution in [0.1, 0.15) is 24.1 Å². The van der Waals surface area contributed by atoms with Crippen LogP contribution < -0.4 is 15.8 Å². The Kier molecular flexibility index (Phi) is 7.30. The third-order valence-corrected chi connectivity index (χ3v) is 3.04. The SMILES string of the molecule is C=C(C)COCCNC(CN)c1ccc(OC)c(C)c1. The Balaban J connectivity index is 2.49. The van der Waals surface area contributed by atoms with E-state index in [0.717, 1.165) is 23.4 Å². The van der Waals surface area contributed by atoms with Gasteiger partial charge in [0.05, 0.1) is 20.3 Å². The molecule has 1 aromatic rings. The Hall–Kier alpha value is -1.36. The van der Waals surface area contributed by atoms with Crippen LogP contribution in [0.3, 0.4) is 0 Å². The fourth-order valence-electron chi connectivity index (χ4n) is 2.01. The van der Waals surface area contributed by atoms with E-state index in [4.69, 9.17) is 15.2 Å². The zero-order chi connectivity index (χ0) is 15.0. The van der Waals surface area contributed by atoms with Crippen LogP contribution in [0.25, 0.3) is 0 Å². The van der Waals surface area contributed by atoms with E-state index in [1.54, 1.807) is 7.11 Å². The van der Waals surface area contributed by atoms with Crippen LogP contribution in [0, 0.1) is 6.92 Å². The second kappa shape index (κ2) is 8.74. The first-order valence-electron chi connectivity index (χ1n) is 6.88. The number of hydrogen-bond acceptors (Lipinski definition) is 4. The number of methoxy groups -OCH3 is 1. The Labute approximate surface area is 122 Å². The molecule has 4 nitrogen and oxygen atoms in total. The first kappa shape index (κ1) is 16.7. The molecule has 1 atom stereocenters. The third-order valence-electron chi connectivity index (χ3n) is 3.04.